The van der Waals surface area contributed by atoms with Gasteiger partial charge in [0.05, 0.1) is 4.47 Å². The van der Waals surface area contributed by atoms with E-state index in [-0.39, 0.29) is 5.22 Å². The van der Waals surface area contributed by atoms with E-state index in [4.69, 9.17) is 27.6 Å². The van der Waals surface area contributed by atoms with Gasteiger partial charge in [0.15, 0.2) is 5.58 Å². The zero-order chi connectivity index (χ0) is 8.72. The first-order valence-corrected chi connectivity index (χ1v) is 4.77. The fourth-order valence-corrected chi connectivity index (χ4v) is 1.84. The van der Waals surface area contributed by atoms with E-state index >= 15 is 0 Å². The van der Waals surface area contributed by atoms with Crippen molar-refractivity contribution in [3.63, 3.8) is 0 Å². The molecule has 0 aliphatic heterocycles. The van der Waals surface area contributed by atoms with Gasteiger partial charge >= 0.3 is 0 Å². The standard InChI is InChI=1S/C8H3BrCl2O/c9-5-3-1-2-4-6(10)8(11)12-7(4)5/h1-3H. The highest BCUT2D eigenvalue weighted by Gasteiger charge is 2.11. The quantitative estimate of drug-likeness (QED) is 0.684. The van der Waals surface area contributed by atoms with Crippen molar-refractivity contribution in [1.82, 2.24) is 0 Å². The number of furan rings is 1. The van der Waals surface area contributed by atoms with Crippen molar-refractivity contribution < 1.29 is 4.42 Å². The highest BCUT2D eigenvalue weighted by molar-refractivity contribution is 9.10. The molecule has 1 nitrogen and oxygen atoms in total. The fraction of sp³-hybridized carbons (Fsp3) is 0. The molecule has 1 aromatic carbocycles. The number of hydrogen-bond donors (Lipinski definition) is 0. The lowest BCUT2D eigenvalue weighted by Gasteiger charge is -1.89. The van der Waals surface area contributed by atoms with E-state index in [1.165, 1.54) is 0 Å². The Kier molecular flexibility index (Phi) is 2.07. The molecule has 1 aromatic heterocycles. The van der Waals surface area contributed by atoms with Crippen LogP contribution in [0.15, 0.2) is 27.1 Å². The predicted octanol–water partition coefficient (Wildman–Crippen LogP) is 4.50. The van der Waals surface area contributed by atoms with Crippen molar-refractivity contribution in [2.24, 2.45) is 0 Å². The maximum absolute atomic E-state index is 5.87. The SMILES string of the molecule is Clc1oc2c(Br)cccc2c1Cl. The van der Waals surface area contributed by atoms with Crippen LogP contribution in [-0.2, 0) is 0 Å². The van der Waals surface area contributed by atoms with Crippen LogP contribution in [0.25, 0.3) is 11.0 Å². The Morgan fingerprint density at radius 1 is 1.25 bits per heavy atom. The summed E-state index contributed by atoms with van der Waals surface area (Å²) >= 11 is 14.9. The Bertz CT molecular complexity index is 436. The smallest absolute Gasteiger partial charge is 0.213 e. The van der Waals surface area contributed by atoms with E-state index in [1.54, 1.807) is 0 Å². The van der Waals surface area contributed by atoms with Crippen LogP contribution < -0.4 is 0 Å². The molecule has 0 spiro atoms. The molecule has 4 heteroatoms. The molecule has 0 saturated carbocycles. The van der Waals surface area contributed by atoms with Gasteiger partial charge in [0.2, 0.25) is 5.22 Å². The van der Waals surface area contributed by atoms with Gasteiger partial charge < -0.3 is 4.42 Å². The lowest BCUT2D eigenvalue weighted by molar-refractivity contribution is 0.616. The van der Waals surface area contributed by atoms with Crippen molar-refractivity contribution in [2.45, 2.75) is 0 Å². The summed E-state index contributed by atoms with van der Waals surface area (Å²) in [5.74, 6) is 0. The summed E-state index contributed by atoms with van der Waals surface area (Å²) in [6.07, 6.45) is 0. The Morgan fingerprint density at radius 3 is 2.67 bits per heavy atom. The van der Waals surface area contributed by atoms with E-state index in [0.29, 0.717) is 10.6 Å². The molecule has 0 fully saturated rings. The predicted molar refractivity (Wildman–Crippen MR) is 53.9 cm³/mol. The summed E-state index contributed by atoms with van der Waals surface area (Å²) in [5, 5.41) is 1.53. The third-order valence-corrected chi connectivity index (χ3v) is 2.93. The van der Waals surface area contributed by atoms with Gasteiger partial charge in [-0.1, -0.05) is 17.7 Å². The van der Waals surface area contributed by atoms with E-state index in [2.05, 4.69) is 15.9 Å². The topological polar surface area (TPSA) is 13.1 Å². The molecule has 0 saturated heterocycles. The molecule has 1 heterocycles. The van der Waals surface area contributed by atoms with Crippen LogP contribution >= 0.6 is 39.1 Å². The molecular formula is C8H3BrCl2O. The zero-order valence-corrected chi connectivity index (χ0v) is 8.87. The summed E-state index contributed by atoms with van der Waals surface area (Å²) in [4.78, 5) is 0. The Labute approximate surface area is 87.4 Å². The molecule has 0 unspecified atom stereocenters. The van der Waals surface area contributed by atoms with Crippen LogP contribution in [0.5, 0.6) is 0 Å². The highest BCUT2D eigenvalue weighted by atomic mass is 79.9. The maximum Gasteiger partial charge on any atom is 0.213 e. The summed E-state index contributed by atoms with van der Waals surface area (Å²) in [6.45, 7) is 0. The molecule has 0 atom stereocenters. The van der Waals surface area contributed by atoms with Crippen LogP contribution in [0.3, 0.4) is 0 Å². The van der Waals surface area contributed by atoms with E-state index < -0.39 is 0 Å². The van der Waals surface area contributed by atoms with E-state index in [9.17, 15) is 0 Å². The van der Waals surface area contributed by atoms with Gasteiger partial charge in [-0.15, -0.1) is 0 Å². The minimum absolute atomic E-state index is 0.235. The second kappa shape index (κ2) is 2.95. The normalized spacial score (nSPS) is 10.9. The molecule has 0 bridgehead atoms. The second-order valence-electron chi connectivity index (χ2n) is 2.31. The van der Waals surface area contributed by atoms with Gasteiger partial charge in [-0.2, -0.15) is 0 Å². The van der Waals surface area contributed by atoms with Gasteiger partial charge in [-0.25, -0.2) is 0 Å². The monoisotopic (exact) mass is 264 g/mol. The van der Waals surface area contributed by atoms with Gasteiger partial charge in [0.1, 0.15) is 5.02 Å². The summed E-state index contributed by atoms with van der Waals surface area (Å²) in [7, 11) is 0. The minimum Gasteiger partial charge on any atom is -0.442 e. The van der Waals surface area contributed by atoms with Crippen molar-refractivity contribution in [3.05, 3.63) is 32.9 Å². The maximum atomic E-state index is 5.87. The number of para-hydroxylation sites is 1. The Balaban J connectivity index is 2.95. The van der Waals surface area contributed by atoms with Crippen molar-refractivity contribution in [1.29, 1.82) is 0 Å². The van der Waals surface area contributed by atoms with Gasteiger partial charge in [0.25, 0.3) is 0 Å². The molecule has 12 heavy (non-hydrogen) atoms. The fourth-order valence-electron chi connectivity index (χ4n) is 1.03. The molecule has 0 aliphatic carbocycles. The van der Waals surface area contributed by atoms with Crippen LogP contribution in [0.4, 0.5) is 0 Å². The van der Waals surface area contributed by atoms with Gasteiger partial charge in [0, 0.05) is 5.39 Å². The average molecular weight is 266 g/mol. The average Bonchev–Trinajstić information content (AvgIpc) is 2.32. The second-order valence-corrected chi connectivity index (χ2v) is 3.88. The minimum atomic E-state index is 0.235. The lowest BCUT2D eigenvalue weighted by atomic mass is 10.3. The van der Waals surface area contributed by atoms with Crippen molar-refractivity contribution >= 4 is 50.1 Å². The van der Waals surface area contributed by atoms with Gasteiger partial charge in [-0.05, 0) is 39.7 Å². The van der Waals surface area contributed by atoms with Crippen molar-refractivity contribution in [3.8, 4) is 0 Å². The first kappa shape index (κ1) is 8.42. The molecule has 0 radical (unpaired) electrons. The van der Waals surface area contributed by atoms with E-state index in [1.807, 2.05) is 18.2 Å². The molecule has 0 aliphatic rings. The molecule has 2 aromatic rings. The number of rotatable bonds is 0. The number of benzene rings is 1. The van der Waals surface area contributed by atoms with Crippen LogP contribution in [0.1, 0.15) is 0 Å². The summed E-state index contributed by atoms with van der Waals surface area (Å²) in [5.41, 5.74) is 0.688. The zero-order valence-electron chi connectivity index (χ0n) is 5.77. The Morgan fingerprint density at radius 2 is 2.00 bits per heavy atom. The summed E-state index contributed by atoms with van der Waals surface area (Å²) in [6, 6.07) is 5.61. The number of fused-ring (bicyclic) bond motifs is 1. The largest absolute Gasteiger partial charge is 0.442 e. The van der Waals surface area contributed by atoms with Gasteiger partial charge in [-0.3, -0.25) is 0 Å². The third kappa shape index (κ3) is 1.15. The summed E-state index contributed by atoms with van der Waals surface area (Å²) < 4.78 is 6.07. The molecule has 0 N–H and O–H groups in total. The number of hydrogen-bond acceptors (Lipinski definition) is 1. The molecule has 0 amide bonds. The Hall–Kier alpha value is -0.180. The number of halogens is 3. The van der Waals surface area contributed by atoms with E-state index in [0.717, 1.165) is 9.86 Å². The first-order chi connectivity index (χ1) is 5.70. The lowest BCUT2D eigenvalue weighted by Crippen LogP contribution is -1.65. The first-order valence-electron chi connectivity index (χ1n) is 3.22. The molecular weight excluding hydrogens is 263 g/mol. The van der Waals surface area contributed by atoms with Crippen molar-refractivity contribution in [2.75, 3.05) is 0 Å². The van der Waals surface area contributed by atoms with Crippen LogP contribution in [0.2, 0.25) is 10.2 Å². The van der Waals surface area contributed by atoms with Crippen LogP contribution in [-0.4, -0.2) is 0 Å². The highest BCUT2D eigenvalue weighted by Crippen LogP contribution is 2.37. The third-order valence-electron chi connectivity index (χ3n) is 1.57. The molecule has 2 rings (SSSR count). The van der Waals surface area contributed by atoms with Crippen LogP contribution in [0, 0.1) is 0 Å². The molecule has 62 valence electrons.